The Morgan fingerprint density at radius 2 is 2.17 bits per heavy atom. The van der Waals surface area contributed by atoms with Gasteiger partial charge in [0.15, 0.2) is 6.29 Å². The quantitative estimate of drug-likeness (QED) is 0.349. The number of hydrogen-bond acceptors (Lipinski definition) is 1. The van der Waals surface area contributed by atoms with E-state index in [4.69, 9.17) is 6.42 Å². The number of hydrogen-bond donors (Lipinski definition) is 0. The minimum absolute atomic E-state index is 0.372. The van der Waals surface area contributed by atoms with E-state index in [0.717, 1.165) is 0 Å². The van der Waals surface area contributed by atoms with Crippen LogP contribution in [0.25, 0.3) is 0 Å². The molecule has 0 unspecified atom stereocenters. The molecule has 31 valence electrons. The molecule has 0 heterocycles. The molecule has 0 aliphatic carbocycles. The van der Waals surface area contributed by atoms with Gasteiger partial charge in [0, 0.05) is 12.8 Å². The van der Waals surface area contributed by atoms with Gasteiger partial charge in [-0.25, -0.2) is 0 Å². The predicted molar refractivity (Wildman–Crippen MR) is 23.8 cm³/mol. The summed E-state index contributed by atoms with van der Waals surface area (Å²) >= 11 is 0. The minimum Gasteiger partial charge on any atom is -0.291 e. The van der Waals surface area contributed by atoms with Gasteiger partial charge in [0.1, 0.15) is 0 Å². The normalized spacial score (nSPS) is 6.50. The summed E-state index contributed by atoms with van der Waals surface area (Å²) in [5, 5.41) is 0. The maximum Gasteiger partial charge on any atom is 0.199 e. The van der Waals surface area contributed by atoms with E-state index in [1.807, 2.05) is 0 Å². The van der Waals surface area contributed by atoms with Gasteiger partial charge in [-0.05, 0) is 0 Å². The lowest BCUT2D eigenvalue weighted by atomic mass is 10.4. The van der Waals surface area contributed by atoms with Gasteiger partial charge >= 0.3 is 0 Å². The van der Waals surface area contributed by atoms with Crippen LogP contribution in [0.1, 0.15) is 12.8 Å². The van der Waals surface area contributed by atoms with Crippen LogP contribution in [-0.4, -0.2) is 6.29 Å². The average molecular weight is 81.1 g/mol. The summed E-state index contributed by atoms with van der Waals surface area (Å²) in [5.41, 5.74) is 0. The largest absolute Gasteiger partial charge is 0.291 e. The molecule has 1 radical (unpaired) electrons. The van der Waals surface area contributed by atoms with Crippen molar-refractivity contribution < 1.29 is 4.79 Å². The number of unbranched alkanes of at least 4 members (excludes halogenated alkanes) is 1. The first-order valence-electron chi connectivity index (χ1n) is 1.70. The summed E-state index contributed by atoms with van der Waals surface area (Å²) in [6, 6.07) is 0. The Hall–Kier alpha value is -0.770. The third kappa shape index (κ3) is 3.23. The highest BCUT2D eigenvalue weighted by molar-refractivity contribution is 5.50. The van der Waals surface area contributed by atoms with Crippen LogP contribution in [0.4, 0.5) is 0 Å². The first kappa shape index (κ1) is 5.23. The molecule has 0 aromatic carbocycles. The van der Waals surface area contributed by atoms with Crippen molar-refractivity contribution in [2.45, 2.75) is 12.8 Å². The molecule has 0 atom stereocenters. The van der Waals surface area contributed by atoms with E-state index < -0.39 is 0 Å². The molecule has 0 aromatic heterocycles. The standard InChI is InChI=1S/C5H5O/c1-2-3-4-5-6/h1H,3-4H2. The fourth-order valence-electron chi connectivity index (χ4n) is 0.123. The topological polar surface area (TPSA) is 17.1 Å². The first-order chi connectivity index (χ1) is 2.91. The van der Waals surface area contributed by atoms with Crippen molar-refractivity contribution in [2.75, 3.05) is 0 Å². The van der Waals surface area contributed by atoms with Crippen molar-refractivity contribution in [3.8, 4) is 12.3 Å². The van der Waals surface area contributed by atoms with Crippen LogP contribution in [0.5, 0.6) is 0 Å². The fraction of sp³-hybridized carbons (Fsp3) is 0.400. The van der Waals surface area contributed by atoms with Crippen LogP contribution < -0.4 is 0 Å². The molecule has 0 aliphatic heterocycles. The first-order valence-corrected chi connectivity index (χ1v) is 1.70. The van der Waals surface area contributed by atoms with E-state index in [2.05, 4.69) is 5.92 Å². The van der Waals surface area contributed by atoms with Crippen LogP contribution in [0.3, 0.4) is 0 Å². The van der Waals surface area contributed by atoms with Gasteiger partial charge in [-0.3, -0.25) is 4.79 Å². The van der Waals surface area contributed by atoms with Gasteiger partial charge < -0.3 is 0 Å². The van der Waals surface area contributed by atoms with Gasteiger partial charge in [-0.1, -0.05) is 0 Å². The predicted octanol–water partition coefficient (Wildman–Crippen LogP) is 0.509. The number of rotatable bonds is 2. The Morgan fingerprint density at radius 1 is 1.50 bits per heavy atom. The second-order valence-corrected chi connectivity index (χ2v) is 0.848. The lowest BCUT2D eigenvalue weighted by Gasteiger charge is -1.68. The third-order valence-electron chi connectivity index (χ3n) is 0.371. The lowest BCUT2D eigenvalue weighted by molar-refractivity contribution is 0.552. The molecule has 0 fully saturated rings. The maximum absolute atomic E-state index is 9.34. The van der Waals surface area contributed by atoms with E-state index in [0.29, 0.717) is 12.8 Å². The van der Waals surface area contributed by atoms with Crippen LogP contribution in [0.2, 0.25) is 0 Å². The van der Waals surface area contributed by atoms with Crippen molar-refractivity contribution in [2.24, 2.45) is 0 Å². The highest BCUT2D eigenvalue weighted by Crippen LogP contribution is 1.75. The molecule has 1 nitrogen and oxygen atoms in total. The molecule has 0 rings (SSSR count). The van der Waals surface area contributed by atoms with E-state index in [1.54, 1.807) is 6.29 Å². The Bertz CT molecular complexity index is 68.5. The smallest absolute Gasteiger partial charge is 0.199 e. The molecule has 0 aliphatic rings. The summed E-state index contributed by atoms with van der Waals surface area (Å²) in [7, 11) is 0. The summed E-state index contributed by atoms with van der Waals surface area (Å²) in [5.74, 6) is 2.31. The van der Waals surface area contributed by atoms with Crippen LogP contribution >= 0.6 is 0 Å². The molecule has 0 bridgehead atoms. The molecular formula is C5H5O. The molecule has 6 heavy (non-hydrogen) atoms. The Balaban J connectivity index is 2.72. The van der Waals surface area contributed by atoms with E-state index in [9.17, 15) is 4.79 Å². The second kappa shape index (κ2) is 4.23. The summed E-state index contributed by atoms with van der Waals surface area (Å²) < 4.78 is 0. The Morgan fingerprint density at radius 3 is 2.33 bits per heavy atom. The average Bonchev–Trinajstić information content (AvgIpc) is 1.61. The van der Waals surface area contributed by atoms with Gasteiger partial charge in [-0.2, -0.15) is 0 Å². The molecule has 0 spiro atoms. The highest BCUT2D eigenvalue weighted by atomic mass is 16.1. The van der Waals surface area contributed by atoms with Crippen molar-refractivity contribution in [3.63, 3.8) is 0 Å². The summed E-state index contributed by atoms with van der Waals surface area (Å²) in [6.45, 7) is 0. The minimum atomic E-state index is 0.372. The molecule has 0 saturated heterocycles. The van der Waals surface area contributed by atoms with Gasteiger partial charge in [-0.15, -0.1) is 12.3 Å². The fourth-order valence-corrected chi connectivity index (χ4v) is 0.123. The molecule has 1 heteroatoms. The van der Waals surface area contributed by atoms with Gasteiger partial charge in [0.05, 0.1) is 0 Å². The summed E-state index contributed by atoms with van der Waals surface area (Å²) in [6.07, 6.45) is 7.35. The number of terminal acetylenes is 1. The Labute approximate surface area is 37.4 Å². The molecule has 0 amide bonds. The molecule has 0 aromatic rings. The van der Waals surface area contributed by atoms with E-state index >= 15 is 0 Å². The SMILES string of the molecule is C#CCC[C]=O. The molecule has 0 saturated carbocycles. The summed E-state index contributed by atoms with van der Waals surface area (Å²) in [4.78, 5) is 9.34. The van der Waals surface area contributed by atoms with Crippen molar-refractivity contribution in [3.05, 3.63) is 0 Å². The third-order valence-corrected chi connectivity index (χ3v) is 0.371. The molecular weight excluding hydrogens is 76.1 g/mol. The van der Waals surface area contributed by atoms with E-state index in [-0.39, 0.29) is 0 Å². The highest BCUT2D eigenvalue weighted by Gasteiger charge is 1.72. The van der Waals surface area contributed by atoms with Crippen LogP contribution in [-0.2, 0) is 4.79 Å². The molecule has 0 N–H and O–H groups in total. The zero-order valence-electron chi connectivity index (χ0n) is 3.40. The Kier molecular flexibility index (Phi) is 3.69. The van der Waals surface area contributed by atoms with Crippen LogP contribution in [0, 0.1) is 12.3 Å². The van der Waals surface area contributed by atoms with Crippen molar-refractivity contribution >= 4 is 6.29 Å². The van der Waals surface area contributed by atoms with Gasteiger partial charge in [0.25, 0.3) is 0 Å². The second-order valence-electron chi connectivity index (χ2n) is 0.848. The van der Waals surface area contributed by atoms with Gasteiger partial charge in [0.2, 0.25) is 0 Å². The van der Waals surface area contributed by atoms with E-state index in [1.165, 1.54) is 0 Å². The zero-order valence-corrected chi connectivity index (χ0v) is 3.40. The van der Waals surface area contributed by atoms with Crippen molar-refractivity contribution in [1.29, 1.82) is 0 Å². The maximum atomic E-state index is 9.34. The zero-order chi connectivity index (χ0) is 4.83. The number of carbonyl (C=O) groups excluding carboxylic acids is 1. The lowest BCUT2D eigenvalue weighted by Crippen LogP contribution is -1.67. The van der Waals surface area contributed by atoms with Crippen LogP contribution in [0.15, 0.2) is 0 Å². The monoisotopic (exact) mass is 81.0 g/mol. The van der Waals surface area contributed by atoms with Crippen molar-refractivity contribution in [1.82, 2.24) is 0 Å².